The van der Waals surface area contributed by atoms with Gasteiger partial charge in [-0.15, -0.1) is 49.4 Å². The summed E-state index contributed by atoms with van der Waals surface area (Å²) < 4.78 is 0. The topological polar surface area (TPSA) is 12.9 Å². The highest BCUT2D eigenvalue weighted by atomic mass is 14.8. The molecule has 0 N–H and O–H groups in total. The third-order valence-corrected chi connectivity index (χ3v) is 12.0. The monoisotopic (exact) mass is 657 g/mol. The van der Waals surface area contributed by atoms with Gasteiger partial charge in [0, 0.05) is 47.6 Å². The van der Waals surface area contributed by atoms with E-state index in [-0.39, 0.29) is 0 Å². The lowest BCUT2D eigenvalue weighted by molar-refractivity contribution is 0.544. The van der Waals surface area contributed by atoms with E-state index >= 15 is 0 Å². The molecule has 0 bridgehead atoms. The van der Waals surface area contributed by atoms with E-state index in [4.69, 9.17) is 30.7 Å². The van der Waals surface area contributed by atoms with E-state index in [1.165, 1.54) is 37.7 Å². The van der Waals surface area contributed by atoms with E-state index in [1.54, 1.807) is 0 Å². The molecule has 1 nitrogen and oxygen atoms in total. The van der Waals surface area contributed by atoms with Gasteiger partial charge >= 0.3 is 0 Å². The molecular formula is C51H31N. The molecule has 0 spiro atoms. The minimum atomic E-state index is -0.669. The van der Waals surface area contributed by atoms with E-state index in [0.717, 1.165) is 61.3 Å². The minimum Gasteiger partial charge on any atom is -0.247 e. The Morgan fingerprint density at radius 3 is 1.38 bits per heavy atom. The molecule has 8 aromatic rings. The maximum atomic E-state index is 6.30. The van der Waals surface area contributed by atoms with Crippen molar-refractivity contribution in [3.8, 4) is 83.0 Å². The molecule has 0 unspecified atom stereocenters. The number of hydrogen-bond acceptors (Lipinski definition) is 1. The summed E-state index contributed by atoms with van der Waals surface area (Å²) in [6, 6.07) is 41.6. The van der Waals surface area contributed by atoms with Crippen LogP contribution in [0.3, 0.4) is 0 Å². The predicted molar refractivity (Wildman–Crippen MR) is 217 cm³/mol. The molecule has 10 rings (SSSR count). The normalized spacial score (nSPS) is 14.3. The highest BCUT2D eigenvalue weighted by molar-refractivity contribution is 6.34. The lowest BCUT2D eigenvalue weighted by Gasteiger charge is -2.35. The average molecular weight is 658 g/mol. The number of nitrogens with zero attached hydrogens (tertiary/aromatic N) is 1. The van der Waals surface area contributed by atoms with E-state index in [1.807, 2.05) is 0 Å². The van der Waals surface area contributed by atoms with Crippen molar-refractivity contribution >= 4 is 43.1 Å². The van der Waals surface area contributed by atoms with Gasteiger partial charge in [0.15, 0.2) is 0 Å². The fraction of sp³-hybridized carbons (Fsp3) is 0.118. The lowest BCUT2D eigenvalue weighted by atomic mass is 9.66. The van der Waals surface area contributed by atoms with Crippen LogP contribution in [0.15, 0.2) is 115 Å². The summed E-state index contributed by atoms with van der Waals surface area (Å²) in [5.74, 6) is 12.2. The quantitative estimate of drug-likeness (QED) is 0.102. The molecule has 240 valence electrons. The zero-order valence-corrected chi connectivity index (χ0v) is 28.6. The van der Waals surface area contributed by atoms with Crippen molar-refractivity contribution in [1.82, 2.24) is 4.98 Å². The zero-order chi connectivity index (χ0) is 35.2. The Labute approximate surface area is 304 Å². The molecule has 0 radical (unpaired) electrons. The average Bonchev–Trinajstić information content (AvgIpc) is 3.60. The Bertz CT molecular complexity index is 2830. The van der Waals surface area contributed by atoms with Crippen LogP contribution in [0, 0.1) is 49.4 Å². The van der Waals surface area contributed by atoms with Gasteiger partial charge in [0.1, 0.15) is 0 Å². The first-order valence-corrected chi connectivity index (χ1v) is 17.7. The smallest absolute Gasteiger partial charge is 0.0760 e. The van der Waals surface area contributed by atoms with Gasteiger partial charge in [0.2, 0.25) is 0 Å². The van der Waals surface area contributed by atoms with Crippen LogP contribution in [-0.2, 0) is 10.8 Å². The highest BCUT2D eigenvalue weighted by Crippen LogP contribution is 2.63. The molecule has 0 saturated carbocycles. The van der Waals surface area contributed by atoms with Crippen LogP contribution in [0.25, 0.3) is 76.7 Å². The summed E-state index contributed by atoms with van der Waals surface area (Å²) in [6.45, 7) is 0. The number of hydrogen-bond donors (Lipinski definition) is 0. The van der Waals surface area contributed by atoms with Crippen LogP contribution >= 0.6 is 0 Å². The number of fused-ring (bicyclic) bond motifs is 8. The van der Waals surface area contributed by atoms with Crippen molar-refractivity contribution in [2.75, 3.05) is 0 Å². The molecule has 0 saturated heterocycles. The number of pyridine rings is 1. The number of aromatic nitrogens is 1. The molecule has 0 atom stereocenters. The Kier molecular flexibility index (Phi) is 6.29. The summed E-state index contributed by atoms with van der Waals surface area (Å²) in [5.41, 5.74) is 9.26. The van der Waals surface area contributed by atoms with Gasteiger partial charge in [0.25, 0.3) is 0 Å². The Balaban J connectivity index is 1.46. The summed E-state index contributed by atoms with van der Waals surface area (Å²) in [5, 5.41) is 9.87. The molecule has 52 heavy (non-hydrogen) atoms. The summed E-state index contributed by atoms with van der Waals surface area (Å²) >= 11 is 0. The van der Waals surface area contributed by atoms with E-state index in [2.05, 4.69) is 139 Å². The Hall–Kier alpha value is -6.77. The first kappa shape index (κ1) is 30.1. The maximum absolute atomic E-state index is 6.30. The molecule has 0 amide bonds. The van der Waals surface area contributed by atoms with Gasteiger partial charge in [0.05, 0.1) is 11.4 Å². The lowest BCUT2D eigenvalue weighted by Crippen LogP contribution is -2.29. The third-order valence-electron chi connectivity index (χ3n) is 12.0. The summed E-state index contributed by atoms with van der Waals surface area (Å²) in [6.07, 6.45) is 26.9. The molecular weight excluding hydrogens is 627 g/mol. The van der Waals surface area contributed by atoms with Crippen LogP contribution in [0.2, 0.25) is 0 Å². The van der Waals surface area contributed by atoms with Crippen molar-refractivity contribution < 1.29 is 0 Å². The van der Waals surface area contributed by atoms with Crippen LogP contribution in [0.5, 0.6) is 0 Å². The Morgan fingerprint density at radius 1 is 0.423 bits per heavy atom. The number of rotatable bonds is 5. The predicted octanol–water partition coefficient (Wildman–Crippen LogP) is 11.4. The second-order valence-electron chi connectivity index (χ2n) is 14.3. The molecule has 2 aliphatic rings. The van der Waals surface area contributed by atoms with Crippen molar-refractivity contribution in [3.63, 3.8) is 0 Å². The Morgan fingerprint density at radius 2 is 0.865 bits per heavy atom. The molecule has 0 fully saturated rings. The van der Waals surface area contributed by atoms with Crippen molar-refractivity contribution in [3.05, 3.63) is 138 Å². The second-order valence-corrected chi connectivity index (χ2v) is 14.3. The van der Waals surface area contributed by atoms with Gasteiger partial charge in [-0.3, -0.25) is 0 Å². The standard InChI is InChI=1S/C51H31N/c1-5-28-50(29-6-2)41-24-11-9-18-39(41)48-46(50)45(47-49(52-48)40-19-10-12-25-42(40)51(47,30-7-3)31-8-4)38-27-26-37-34-21-14-17-32-16-13-20-33(43(32)34)35-22-15-23-36(38)44(35)37/h1-4,9-27H,28-31H2. The highest BCUT2D eigenvalue weighted by Gasteiger charge is 2.52. The van der Waals surface area contributed by atoms with Crippen molar-refractivity contribution in [2.45, 2.75) is 36.5 Å². The second kappa shape index (κ2) is 10.9. The molecule has 1 aromatic heterocycles. The maximum Gasteiger partial charge on any atom is 0.0760 e. The molecule has 1 heteroatoms. The van der Waals surface area contributed by atoms with E-state index in [9.17, 15) is 0 Å². The van der Waals surface area contributed by atoms with Gasteiger partial charge in [-0.2, -0.15) is 0 Å². The first-order valence-electron chi connectivity index (χ1n) is 17.7. The van der Waals surface area contributed by atoms with E-state index < -0.39 is 10.8 Å². The summed E-state index contributed by atoms with van der Waals surface area (Å²) in [7, 11) is 0. The van der Waals surface area contributed by atoms with Crippen LogP contribution in [-0.4, -0.2) is 4.98 Å². The largest absolute Gasteiger partial charge is 0.247 e. The van der Waals surface area contributed by atoms with Crippen molar-refractivity contribution in [1.29, 1.82) is 0 Å². The van der Waals surface area contributed by atoms with E-state index in [0.29, 0.717) is 25.7 Å². The summed E-state index contributed by atoms with van der Waals surface area (Å²) in [4.78, 5) is 5.65. The van der Waals surface area contributed by atoms with Crippen molar-refractivity contribution in [2.24, 2.45) is 0 Å². The third kappa shape index (κ3) is 3.61. The molecule has 0 aliphatic heterocycles. The van der Waals surface area contributed by atoms with Crippen LogP contribution in [0.1, 0.15) is 47.9 Å². The fourth-order valence-corrected chi connectivity index (χ4v) is 10.1. The first-order chi connectivity index (χ1) is 25.6. The zero-order valence-electron chi connectivity index (χ0n) is 28.6. The van der Waals surface area contributed by atoms with Gasteiger partial charge in [-0.1, -0.05) is 115 Å². The fourth-order valence-electron chi connectivity index (χ4n) is 10.1. The number of terminal acetylenes is 4. The minimum absolute atomic E-state index is 0.426. The SMILES string of the molecule is C#CCC1(CC#C)c2ccccc2-c2nc3c(c(-c4ccc5c6cccc7cccc(c8cccc4c85)c76)c21)C(CC#C)(CC#C)c1ccccc1-3. The van der Waals surface area contributed by atoms with Crippen LogP contribution in [0.4, 0.5) is 0 Å². The number of benzene rings is 7. The van der Waals surface area contributed by atoms with Gasteiger partial charge < -0.3 is 0 Å². The van der Waals surface area contributed by atoms with Gasteiger partial charge in [-0.25, -0.2) is 4.98 Å². The van der Waals surface area contributed by atoms with Gasteiger partial charge in [-0.05, 0) is 76.5 Å². The van der Waals surface area contributed by atoms with Crippen LogP contribution < -0.4 is 0 Å². The molecule has 1 heterocycles. The molecule has 2 aliphatic carbocycles. The molecule has 7 aromatic carbocycles.